The van der Waals surface area contributed by atoms with Crippen LogP contribution in [0, 0.1) is 11.8 Å². The lowest BCUT2D eigenvalue weighted by molar-refractivity contribution is -0.130. The number of hydrogen-bond donors (Lipinski definition) is 2. The molecule has 0 unspecified atom stereocenters. The predicted octanol–water partition coefficient (Wildman–Crippen LogP) is 0.874. The monoisotopic (exact) mass is 301 g/mol. The van der Waals surface area contributed by atoms with Crippen LogP contribution >= 0.6 is 0 Å². The molecule has 2 heterocycles. The minimum absolute atomic E-state index is 0.0742. The van der Waals surface area contributed by atoms with Crippen molar-refractivity contribution in [2.45, 2.75) is 12.8 Å². The van der Waals surface area contributed by atoms with E-state index < -0.39 is 0 Å². The summed E-state index contributed by atoms with van der Waals surface area (Å²) in [5.41, 5.74) is 0.661. The lowest BCUT2D eigenvalue weighted by atomic mass is 10.0. The molecule has 5 nitrogen and oxygen atoms in total. The largest absolute Gasteiger partial charge is 0.352 e. The number of fused-ring (bicyclic) bond motifs is 1. The highest BCUT2D eigenvalue weighted by atomic mass is 16.2. The molecule has 3 rings (SSSR count). The van der Waals surface area contributed by atoms with Gasteiger partial charge in [-0.15, -0.1) is 0 Å². The molecule has 2 atom stereocenters. The summed E-state index contributed by atoms with van der Waals surface area (Å²) in [7, 11) is 0. The minimum atomic E-state index is -0.0742. The molecule has 2 amide bonds. The van der Waals surface area contributed by atoms with Crippen LogP contribution in [0.2, 0.25) is 0 Å². The van der Waals surface area contributed by atoms with E-state index in [2.05, 4.69) is 10.6 Å². The first-order chi connectivity index (χ1) is 10.7. The van der Waals surface area contributed by atoms with E-state index in [4.69, 9.17) is 0 Å². The molecule has 0 radical (unpaired) electrons. The quantitative estimate of drug-likeness (QED) is 0.794. The van der Waals surface area contributed by atoms with Gasteiger partial charge < -0.3 is 15.5 Å². The minimum Gasteiger partial charge on any atom is -0.352 e. The van der Waals surface area contributed by atoms with Crippen molar-refractivity contribution in [1.29, 1.82) is 0 Å². The Bertz CT molecular complexity index is 520. The molecule has 22 heavy (non-hydrogen) atoms. The van der Waals surface area contributed by atoms with Crippen molar-refractivity contribution < 1.29 is 9.59 Å². The molecule has 2 aliphatic rings. The normalized spacial score (nSPS) is 23.4. The van der Waals surface area contributed by atoms with Gasteiger partial charge in [0.25, 0.3) is 5.91 Å². The maximum Gasteiger partial charge on any atom is 0.251 e. The zero-order valence-corrected chi connectivity index (χ0v) is 12.8. The average molecular weight is 301 g/mol. The second kappa shape index (κ2) is 6.92. The van der Waals surface area contributed by atoms with E-state index in [1.807, 2.05) is 23.1 Å². The zero-order valence-electron chi connectivity index (χ0n) is 12.8. The molecule has 0 aliphatic carbocycles. The smallest absolute Gasteiger partial charge is 0.251 e. The first-order valence-electron chi connectivity index (χ1n) is 8.06. The molecule has 2 N–H and O–H groups in total. The third-order valence-corrected chi connectivity index (χ3v) is 4.63. The Balaban J connectivity index is 1.35. The number of hydrogen-bond acceptors (Lipinski definition) is 3. The average Bonchev–Trinajstić information content (AvgIpc) is 3.13. The van der Waals surface area contributed by atoms with E-state index in [9.17, 15) is 9.59 Å². The van der Waals surface area contributed by atoms with Gasteiger partial charge >= 0.3 is 0 Å². The van der Waals surface area contributed by atoms with Gasteiger partial charge in [0, 0.05) is 44.7 Å². The molecule has 5 heteroatoms. The van der Waals surface area contributed by atoms with Crippen molar-refractivity contribution >= 4 is 11.8 Å². The third-order valence-electron chi connectivity index (χ3n) is 4.63. The van der Waals surface area contributed by atoms with Gasteiger partial charge in [0.05, 0.1) is 0 Å². The Morgan fingerprint density at radius 2 is 1.82 bits per heavy atom. The van der Waals surface area contributed by atoms with Crippen LogP contribution in [0.3, 0.4) is 0 Å². The SMILES string of the molecule is O=C(NCCCC(=O)N1C[C@H]2CNC[C@H]2C1)c1ccccc1. The van der Waals surface area contributed by atoms with E-state index in [1.54, 1.807) is 12.1 Å². The highest BCUT2D eigenvalue weighted by Crippen LogP contribution is 2.26. The standard InChI is InChI=1S/C17H23N3O2/c21-16(20-11-14-9-18-10-15(14)12-20)7-4-8-19-17(22)13-5-2-1-3-6-13/h1-3,5-6,14-15,18H,4,7-12H2,(H,19,22)/t14-,15+. The second-order valence-electron chi connectivity index (χ2n) is 6.20. The Morgan fingerprint density at radius 1 is 1.14 bits per heavy atom. The van der Waals surface area contributed by atoms with Gasteiger partial charge in [-0.1, -0.05) is 18.2 Å². The Morgan fingerprint density at radius 3 is 2.50 bits per heavy atom. The number of rotatable bonds is 5. The van der Waals surface area contributed by atoms with Crippen molar-refractivity contribution in [3.05, 3.63) is 35.9 Å². The van der Waals surface area contributed by atoms with E-state index >= 15 is 0 Å². The van der Waals surface area contributed by atoms with E-state index in [1.165, 1.54) is 0 Å². The van der Waals surface area contributed by atoms with Gasteiger partial charge in [-0.25, -0.2) is 0 Å². The van der Waals surface area contributed by atoms with Crippen LogP contribution in [-0.4, -0.2) is 49.4 Å². The number of carbonyl (C=O) groups is 2. The van der Waals surface area contributed by atoms with Crippen LogP contribution in [0.1, 0.15) is 23.2 Å². The molecular weight excluding hydrogens is 278 g/mol. The summed E-state index contributed by atoms with van der Waals surface area (Å²) in [6.07, 6.45) is 1.21. The molecule has 1 aromatic rings. The van der Waals surface area contributed by atoms with Gasteiger partial charge in [-0.05, 0) is 30.4 Å². The highest BCUT2D eigenvalue weighted by Gasteiger charge is 2.37. The van der Waals surface area contributed by atoms with Gasteiger partial charge in [0.15, 0.2) is 0 Å². The summed E-state index contributed by atoms with van der Waals surface area (Å²) in [6.45, 7) is 4.42. The first-order valence-corrected chi connectivity index (χ1v) is 8.06. The number of likely N-dealkylation sites (tertiary alicyclic amines) is 1. The lowest BCUT2D eigenvalue weighted by Crippen LogP contribution is -2.32. The molecule has 0 spiro atoms. The van der Waals surface area contributed by atoms with Crippen molar-refractivity contribution in [3.63, 3.8) is 0 Å². The maximum absolute atomic E-state index is 12.2. The van der Waals surface area contributed by atoms with Gasteiger partial charge in [-0.2, -0.15) is 0 Å². The van der Waals surface area contributed by atoms with Crippen LogP contribution in [0.5, 0.6) is 0 Å². The number of benzene rings is 1. The van der Waals surface area contributed by atoms with E-state index in [0.29, 0.717) is 36.8 Å². The molecule has 2 aliphatic heterocycles. The van der Waals surface area contributed by atoms with Crippen molar-refractivity contribution in [1.82, 2.24) is 15.5 Å². The first kappa shape index (κ1) is 15.0. The van der Waals surface area contributed by atoms with Crippen LogP contribution in [0.25, 0.3) is 0 Å². The number of amides is 2. The fraction of sp³-hybridized carbons (Fsp3) is 0.529. The van der Waals surface area contributed by atoms with Crippen molar-refractivity contribution in [2.24, 2.45) is 11.8 Å². The van der Waals surface area contributed by atoms with Gasteiger partial charge in [-0.3, -0.25) is 9.59 Å². The molecule has 1 aromatic carbocycles. The summed E-state index contributed by atoms with van der Waals surface area (Å²) in [4.78, 5) is 26.0. The summed E-state index contributed by atoms with van der Waals surface area (Å²) in [5.74, 6) is 1.43. The fourth-order valence-electron chi connectivity index (χ4n) is 3.35. The molecule has 118 valence electrons. The number of carbonyl (C=O) groups excluding carboxylic acids is 2. The molecule has 0 saturated carbocycles. The summed E-state index contributed by atoms with van der Waals surface area (Å²) in [5, 5.41) is 6.24. The third kappa shape index (κ3) is 3.47. The van der Waals surface area contributed by atoms with Crippen LogP contribution in [0.4, 0.5) is 0 Å². The topological polar surface area (TPSA) is 61.4 Å². The summed E-state index contributed by atoms with van der Waals surface area (Å²) < 4.78 is 0. The molecule has 0 aromatic heterocycles. The Kier molecular flexibility index (Phi) is 4.73. The maximum atomic E-state index is 12.2. The fourth-order valence-corrected chi connectivity index (χ4v) is 3.35. The molecule has 0 bridgehead atoms. The molecule has 2 fully saturated rings. The summed E-state index contributed by atoms with van der Waals surface area (Å²) >= 11 is 0. The van der Waals surface area contributed by atoms with E-state index in [-0.39, 0.29) is 11.8 Å². The van der Waals surface area contributed by atoms with Crippen LogP contribution in [0.15, 0.2) is 30.3 Å². The molecular formula is C17H23N3O2. The highest BCUT2D eigenvalue weighted by molar-refractivity contribution is 5.94. The Hall–Kier alpha value is -1.88. The van der Waals surface area contributed by atoms with Crippen molar-refractivity contribution in [3.8, 4) is 0 Å². The van der Waals surface area contributed by atoms with Gasteiger partial charge in [0.1, 0.15) is 0 Å². The Labute approximate surface area is 131 Å². The lowest BCUT2D eigenvalue weighted by Gasteiger charge is -2.17. The number of nitrogens with zero attached hydrogens (tertiary/aromatic N) is 1. The summed E-state index contributed by atoms with van der Waals surface area (Å²) in [6, 6.07) is 9.15. The number of nitrogens with one attached hydrogen (secondary N) is 2. The van der Waals surface area contributed by atoms with Crippen LogP contribution < -0.4 is 10.6 Å². The van der Waals surface area contributed by atoms with Gasteiger partial charge in [0.2, 0.25) is 5.91 Å². The van der Waals surface area contributed by atoms with Crippen molar-refractivity contribution in [2.75, 3.05) is 32.7 Å². The molecule has 2 saturated heterocycles. The predicted molar refractivity (Wildman–Crippen MR) is 84.4 cm³/mol. The zero-order chi connectivity index (χ0) is 15.4. The second-order valence-corrected chi connectivity index (χ2v) is 6.20. The van der Waals surface area contributed by atoms with E-state index in [0.717, 1.165) is 26.2 Å². The van der Waals surface area contributed by atoms with Crippen LogP contribution in [-0.2, 0) is 4.79 Å².